The van der Waals surface area contributed by atoms with Crippen molar-refractivity contribution in [3.05, 3.63) is 22.8 Å². The van der Waals surface area contributed by atoms with Gasteiger partial charge < -0.3 is 19.7 Å². The van der Waals surface area contributed by atoms with E-state index in [0.717, 1.165) is 16.7 Å². The highest BCUT2D eigenvalue weighted by Crippen LogP contribution is 2.48. The molecule has 19 heavy (non-hydrogen) atoms. The number of fused-ring (bicyclic) bond motifs is 1. The molecule has 0 bridgehead atoms. The van der Waals surface area contributed by atoms with Crippen molar-refractivity contribution in [2.75, 3.05) is 13.2 Å². The lowest BCUT2D eigenvalue weighted by molar-refractivity contribution is -0.185. The molecule has 2 aliphatic rings. The number of rotatable bonds is 1. The average Bonchev–Trinajstić information content (AvgIpc) is 2.30. The van der Waals surface area contributed by atoms with Crippen molar-refractivity contribution in [1.29, 1.82) is 0 Å². The summed E-state index contributed by atoms with van der Waals surface area (Å²) in [7, 11) is 0. The maximum Gasteiger partial charge on any atom is 0.158 e. The molecule has 2 N–H and O–H groups in total. The van der Waals surface area contributed by atoms with Gasteiger partial charge in [0.15, 0.2) is 5.60 Å². The Morgan fingerprint density at radius 1 is 1.37 bits per heavy atom. The molecule has 2 aliphatic heterocycles. The summed E-state index contributed by atoms with van der Waals surface area (Å²) < 4.78 is 11.3. The first kappa shape index (κ1) is 12.8. The molecule has 0 aromatic heterocycles. The Morgan fingerprint density at radius 3 is 2.58 bits per heavy atom. The second kappa shape index (κ2) is 4.12. The van der Waals surface area contributed by atoms with Crippen LogP contribution in [0.1, 0.15) is 49.0 Å². The van der Waals surface area contributed by atoms with Gasteiger partial charge in [0.25, 0.3) is 0 Å². The van der Waals surface area contributed by atoms with Gasteiger partial charge in [0.05, 0.1) is 19.3 Å². The van der Waals surface area contributed by atoms with Crippen molar-refractivity contribution in [2.45, 2.75) is 44.8 Å². The van der Waals surface area contributed by atoms with Gasteiger partial charge in [-0.1, -0.05) is 13.8 Å². The monoisotopic (exact) mass is 264 g/mol. The van der Waals surface area contributed by atoms with Crippen LogP contribution in [0.2, 0.25) is 0 Å². The van der Waals surface area contributed by atoms with Crippen molar-refractivity contribution in [3.8, 4) is 11.5 Å². The van der Waals surface area contributed by atoms with Crippen LogP contribution in [0.5, 0.6) is 11.5 Å². The molecular weight excluding hydrogens is 244 g/mol. The Hall–Kier alpha value is -1.26. The molecule has 0 aliphatic carbocycles. The van der Waals surface area contributed by atoms with E-state index in [2.05, 4.69) is 0 Å². The SMILES string of the molecule is Cc1c(O)c(C(C)C)cc2c1C(O)CC1(COC1)O2. The lowest BCUT2D eigenvalue weighted by Crippen LogP contribution is -2.57. The fourth-order valence-electron chi connectivity index (χ4n) is 2.99. The number of aliphatic hydroxyl groups excluding tert-OH is 1. The Morgan fingerprint density at radius 2 is 2.05 bits per heavy atom. The third-order valence-electron chi connectivity index (χ3n) is 4.16. The van der Waals surface area contributed by atoms with E-state index in [-0.39, 0.29) is 17.3 Å². The van der Waals surface area contributed by atoms with E-state index in [1.165, 1.54) is 0 Å². The zero-order chi connectivity index (χ0) is 13.8. The molecule has 0 saturated carbocycles. The Kier molecular flexibility index (Phi) is 2.76. The molecule has 2 heterocycles. The van der Waals surface area contributed by atoms with Crippen LogP contribution in [0.3, 0.4) is 0 Å². The van der Waals surface area contributed by atoms with Crippen LogP contribution in [0.15, 0.2) is 6.07 Å². The smallest absolute Gasteiger partial charge is 0.158 e. The van der Waals surface area contributed by atoms with Crippen LogP contribution in [-0.4, -0.2) is 29.0 Å². The number of hydrogen-bond acceptors (Lipinski definition) is 4. The lowest BCUT2D eigenvalue weighted by atomic mass is 9.84. The summed E-state index contributed by atoms with van der Waals surface area (Å²) in [5, 5.41) is 20.6. The van der Waals surface area contributed by atoms with Crippen LogP contribution in [-0.2, 0) is 4.74 Å². The van der Waals surface area contributed by atoms with Gasteiger partial charge in [0.1, 0.15) is 11.5 Å². The second-order valence-corrected chi connectivity index (χ2v) is 6.00. The van der Waals surface area contributed by atoms with Crippen molar-refractivity contribution in [2.24, 2.45) is 0 Å². The molecular formula is C15H20O4. The number of benzene rings is 1. The van der Waals surface area contributed by atoms with Crippen molar-refractivity contribution < 1.29 is 19.7 Å². The fraction of sp³-hybridized carbons (Fsp3) is 0.600. The number of hydrogen-bond donors (Lipinski definition) is 2. The largest absolute Gasteiger partial charge is 0.507 e. The van der Waals surface area contributed by atoms with Gasteiger partial charge in [-0.05, 0) is 18.9 Å². The first-order chi connectivity index (χ1) is 8.93. The molecule has 1 saturated heterocycles. The number of aromatic hydroxyl groups is 1. The maximum atomic E-state index is 10.4. The zero-order valence-electron chi connectivity index (χ0n) is 11.6. The summed E-state index contributed by atoms with van der Waals surface area (Å²) in [5.41, 5.74) is 1.94. The Balaban J connectivity index is 2.11. The number of phenolic OH excluding ortho intramolecular Hbond substituents is 1. The van der Waals surface area contributed by atoms with E-state index in [9.17, 15) is 10.2 Å². The molecule has 0 amide bonds. The highest BCUT2D eigenvalue weighted by molar-refractivity contribution is 5.55. The van der Waals surface area contributed by atoms with E-state index in [1.54, 1.807) is 0 Å². The van der Waals surface area contributed by atoms with Gasteiger partial charge in [-0.2, -0.15) is 0 Å². The van der Waals surface area contributed by atoms with Gasteiger partial charge in [-0.25, -0.2) is 0 Å². The second-order valence-electron chi connectivity index (χ2n) is 6.00. The molecule has 1 aromatic rings. The van der Waals surface area contributed by atoms with Gasteiger partial charge in [-0.3, -0.25) is 0 Å². The highest BCUT2D eigenvalue weighted by atomic mass is 16.6. The van der Waals surface area contributed by atoms with E-state index < -0.39 is 6.10 Å². The quantitative estimate of drug-likeness (QED) is 0.817. The molecule has 104 valence electrons. The number of phenols is 1. The first-order valence-corrected chi connectivity index (χ1v) is 6.75. The van der Waals surface area contributed by atoms with Gasteiger partial charge in [0.2, 0.25) is 0 Å². The van der Waals surface area contributed by atoms with E-state index in [1.807, 2.05) is 26.8 Å². The molecule has 4 nitrogen and oxygen atoms in total. The minimum atomic E-state index is -0.597. The number of ether oxygens (including phenoxy) is 2. The lowest BCUT2D eigenvalue weighted by Gasteiger charge is -2.46. The average molecular weight is 264 g/mol. The van der Waals surface area contributed by atoms with Crippen LogP contribution in [0.4, 0.5) is 0 Å². The summed E-state index contributed by atoms with van der Waals surface area (Å²) in [6.07, 6.45) is -0.0684. The van der Waals surface area contributed by atoms with Gasteiger partial charge in [-0.15, -0.1) is 0 Å². The fourth-order valence-corrected chi connectivity index (χ4v) is 2.99. The summed E-state index contributed by atoms with van der Waals surface area (Å²) in [5.74, 6) is 1.18. The predicted molar refractivity (Wildman–Crippen MR) is 70.7 cm³/mol. The molecule has 1 fully saturated rings. The van der Waals surface area contributed by atoms with Crippen LogP contribution in [0, 0.1) is 6.92 Å². The minimum Gasteiger partial charge on any atom is -0.507 e. The zero-order valence-corrected chi connectivity index (χ0v) is 11.6. The third kappa shape index (κ3) is 1.82. The van der Waals surface area contributed by atoms with Crippen molar-refractivity contribution >= 4 is 0 Å². The molecule has 1 spiro atoms. The number of aliphatic hydroxyl groups is 1. The van der Waals surface area contributed by atoms with Crippen molar-refractivity contribution in [1.82, 2.24) is 0 Å². The van der Waals surface area contributed by atoms with Crippen LogP contribution in [0.25, 0.3) is 0 Å². The maximum absolute atomic E-state index is 10.4. The predicted octanol–water partition coefficient (Wildman–Crippen LogP) is 2.41. The molecule has 3 rings (SSSR count). The van der Waals surface area contributed by atoms with E-state index in [4.69, 9.17) is 9.47 Å². The molecule has 4 heteroatoms. The third-order valence-corrected chi connectivity index (χ3v) is 4.16. The molecule has 1 atom stereocenters. The first-order valence-electron chi connectivity index (χ1n) is 6.75. The van der Waals surface area contributed by atoms with E-state index in [0.29, 0.717) is 25.4 Å². The molecule has 1 unspecified atom stereocenters. The summed E-state index contributed by atoms with van der Waals surface area (Å²) in [6, 6.07) is 1.87. The molecule has 0 radical (unpaired) electrons. The summed E-state index contributed by atoms with van der Waals surface area (Å²) in [4.78, 5) is 0. The van der Waals surface area contributed by atoms with Crippen molar-refractivity contribution in [3.63, 3.8) is 0 Å². The molecule has 1 aromatic carbocycles. The Bertz CT molecular complexity index is 517. The van der Waals surface area contributed by atoms with Crippen LogP contribution < -0.4 is 4.74 Å². The van der Waals surface area contributed by atoms with Crippen LogP contribution >= 0.6 is 0 Å². The van der Waals surface area contributed by atoms with E-state index >= 15 is 0 Å². The summed E-state index contributed by atoms with van der Waals surface area (Å²) >= 11 is 0. The topological polar surface area (TPSA) is 58.9 Å². The standard InChI is InChI=1S/C15H20O4/c1-8(2)10-4-12-13(9(3)14(10)17)11(16)5-15(19-12)6-18-7-15/h4,8,11,16-17H,5-7H2,1-3H3. The normalized spacial score (nSPS) is 23.9. The van der Waals surface area contributed by atoms with Gasteiger partial charge >= 0.3 is 0 Å². The minimum absolute atomic E-state index is 0.209. The Labute approximate surface area is 113 Å². The van der Waals surface area contributed by atoms with Gasteiger partial charge in [0, 0.05) is 23.1 Å². The summed E-state index contributed by atoms with van der Waals surface area (Å²) in [6.45, 7) is 6.95. The highest BCUT2D eigenvalue weighted by Gasteiger charge is 2.47.